The lowest BCUT2D eigenvalue weighted by atomic mass is 10.1. The molecule has 1 heterocycles. The Kier molecular flexibility index (Phi) is 3.16. The second-order valence-corrected chi connectivity index (χ2v) is 4.46. The van der Waals surface area contributed by atoms with Crippen molar-refractivity contribution >= 4 is 11.6 Å². The molecule has 0 unspecified atom stereocenters. The van der Waals surface area contributed by atoms with E-state index in [2.05, 4.69) is 5.32 Å². The van der Waals surface area contributed by atoms with E-state index in [1.54, 1.807) is 24.3 Å². The van der Waals surface area contributed by atoms with Gasteiger partial charge in [0.25, 0.3) is 5.91 Å². The summed E-state index contributed by atoms with van der Waals surface area (Å²) >= 11 is 0. The Labute approximate surface area is 116 Å². The first kappa shape index (κ1) is 12.3. The molecule has 20 heavy (non-hydrogen) atoms. The summed E-state index contributed by atoms with van der Waals surface area (Å²) in [6.45, 7) is 0.648. The first-order chi connectivity index (χ1) is 9.74. The number of nitrogen functional groups attached to an aromatic ring is 1. The lowest BCUT2D eigenvalue weighted by Crippen LogP contribution is -2.23. The van der Waals surface area contributed by atoms with Gasteiger partial charge >= 0.3 is 0 Å². The predicted octanol–water partition coefficient (Wildman–Crippen LogP) is 1.93. The Hall–Kier alpha value is -2.69. The number of ether oxygens (including phenoxy) is 2. The lowest BCUT2D eigenvalue weighted by molar-refractivity contribution is 0.0951. The molecule has 0 bridgehead atoms. The van der Waals surface area contributed by atoms with Crippen LogP contribution in [0.3, 0.4) is 0 Å². The number of benzene rings is 2. The molecule has 1 amide bonds. The van der Waals surface area contributed by atoms with E-state index >= 15 is 0 Å². The van der Waals surface area contributed by atoms with Crippen molar-refractivity contribution in [1.29, 1.82) is 0 Å². The summed E-state index contributed by atoms with van der Waals surface area (Å²) in [7, 11) is 0. The summed E-state index contributed by atoms with van der Waals surface area (Å²) in [5, 5.41) is 2.83. The number of carbonyl (C=O) groups excluding carboxylic acids is 1. The van der Waals surface area contributed by atoms with Gasteiger partial charge in [-0.2, -0.15) is 0 Å². The fourth-order valence-corrected chi connectivity index (χ4v) is 2.03. The van der Waals surface area contributed by atoms with Crippen LogP contribution in [-0.2, 0) is 6.54 Å². The molecule has 0 spiro atoms. The Morgan fingerprint density at radius 2 is 1.95 bits per heavy atom. The molecule has 3 N–H and O–H groups in total. The van der Waals surface area contributed by atoms with Crippen molar-refractivity contribution in [2.45, 2.75) is 6.54 Å². The molecule has 102 valence electrons. The molecule has 0 radical (unpaired) electrons. The Morgan fingerprint density at radius 1 is 1.15 bits per heavy atom. The van der Waals surface area contributed by atoms with Crippen LogP contribution in [0.5, 0.6) is 11.5 Å². The van der Waals surface area contributed by atoms with Gasteiger partial charge in [-0.25, -0.2) is 0 Å². The SMILES string of the molecule is Nc1ccccc1C(=O)NCc1ccc2c(c1)OCO2. The summed E-state index contributed by atoms with van der Waals surface area (Å²) < 4.78 is 10.5. The highest BCUT2D eigenvalue weighted by Gasteiger charge is 2.14. The van der Waals surface area contributed by atoms with Crippen LogP contribution in [0.4, 0.5) is 5.69 Å². The van der Waals surface area contributed by atoms with Gasteiger partial charge in [0.15, 0.2) is 11.5 Å². The number of carbonyl (C=O) groups is 1. The number of nitrogens with two attached hydrogens (primary N) is 1. The molecule has 1 aliphatic rings. The third-order valence-electron chi connectivity index (χ3n) is 3.10. The average Bonchev–Trinajstić information content (AvgIpc) is 2.92. The largest absolute Gasteiger partial charge is 0.454 e. The Balaban J connectivity index is 1.68. The van der Waals surface area contributed by atoms with E-state index < -0.39 is 0 Å². The van der Waals surface area contributed by atoms with E-state index in [-0.39, 0.29) is 12.7 Å². The van der Waals surface area contributed by atoms with E-state index in [0.29, 0.717) is 23.5 Å². The van der Waals surface area contributed by atoms with Gasteiger partial charge in [-0.05, 0) is 29.8 Å². The van der Waals surface area contributed by atoms with Gasteiger partial charge in [-0.3, -0.25) is 4.79 Å². The van der Waals surface area contributed by atoms with Gasteiger partial charge in [0.2, 0.25) is 6.79 Å². The molecule has 0 aliphatic carbocycles. The number of anilines is 1. The third kappa shape index (κ3) is 2.38. The Morgan fingerprint density at radius 3 is 2.80 bits per heavy atom. The molecule has 2 aromatic carbocycles. The number of hydrogen-bond acceptors (Lipinski definition) is 4. The van der Waals surface area contributed by atoms with E-state index in [1.807, 2.05) is 18.2 Å². The molecular formula is C15H14N2O3. The first-order valence-corrected chi connectivity index (χ1v) is 6.25. The van der Waals surface area contributed by atoms with Crippen LogP contribution in [0.2, 0.25) is 0 Å². The number of amides is 1. The van der Waals surface area contributed by atoms with Crippen molar-refractivity contribution in [3.63, 3.8) is 0 Å². The summed E-state index contributed by atoms with van der Waals surface area (Å²) in [5.41, 5.74) is 7.66. The quantitative estimate of drug-likeness (QED) is 0.836. The smallest absolute Gasteiger partial charge is 0.253 e. The van der Waals surface area contributed by atoms with E-state index in [0.717, 1.165) is 11.3 Å². The second-order valence-electron chi connectivity index (χ2n) is 4.46. The molecule has 2 aromatic rings. The van der Waals surface area contributed by atoms with Gasteiger partial charge in [-0.1, -0.05) is 18.2 Å². The second kappa shape index (κ2) is 5.13. The maximum Gasteiger partial charge on any atom is 0.253 e. The minimum Gasteiger partial charge on any atom is -0.454 e. The summed E-state index contributed by atoms with van der Waals surface area (Å²) in [6, 6.07) is 12.6. The molecule has 5 nitrogen and oxygen atoms in total. The van der Waals surface area contributed by atoms with Gasteiger partial charge in [0, 0.05) is 12.2 Å². The molecule has 0 atom stereocenters. The van der Waals surface area contributed by atoms with Crippen LogP contribution in [-0.4, -0.2) is 12.7 Å². The molecule has 1 aliphatic heterocycles. The van der Waals surface area contributed by atoms with Gasteiger partial charge in [0.1, 0.15) is 0 Å². The van der Waals surface area contributed by atoms with Crippen molar-refractivity contribution in [3.8, 4) is 11.5 Å². The number of nitrogens with one attached hydrogen (secondary N) is 1. The molecular weight excluding hydrogens is 256 g/mol. The van der Waals surface area contributed by atoms with Crippen LogP contribution < -0.4 is 20.5 Å². The van der Waals surface area contributed by atoms with Crippen molar-refractivity contribution in [3.05, 3.63) is 53.6 Å². The number of para-hydroxylation sites is 1. The average molecular weight is 270 g/mol. The number of rotatable bonds is 3. The van der Waals surface area contributed by atoms with Crippen molar-refractivity contribution in [1.82, 2.24) is 5.32 Å². The highest BCUT2D eigenvalue weighted by molar-refractivity contribution is 5.98. The molecule has 5 heteroatoms. The van der Waals surface area contributed by atoms with E-state index in [1.165, 1.54) is 0 Å². The molecule has 3 rings (SSSR count). The highest BCUT2D eigenvalue weighted by atomic mass is 16.7. The molecule has 0 saturated heterocycles. The maximum absolute atomic E-state index is 12.0. The molecule has 0 saturated carbocycles. The monoisotopic (exact) mass is 270 g/mol. The standard InChI is InChI=1S/C15H14N2O3/c16-12-4-2-1-3-11(12)15(18)17-8-10-5-6-13-14(7-10)20-9-19-13/h1-7H,8-9,16H2,(H,17,18). The molecule has 0 fully saturated rings. The zero-order valence-electron chi connectivity index (χ0n) is 10.8. The minimum atomic E-state index is -0.194. The van der Waals surface area contributed by atoms with Crippen LogP contribution in [0.25, 0.3) is 0 Å². The Bertz CT molecular complexity index is 655. The van der Waals surface area contributed by atoms with Crippen LogP contribution in [0.1, 0.15) is 15.9 Å². The topological polar surface area (TPSA) is 73.6 Å². The normalized spacial score (nSPS) is 12.2. The van der Waals surface area contributed by atoms with Crippen molar-refractivity contribution in [2.24, 2.45) is 0 Å². The maximum atomic E-state index is 12.0. The third-order valence-corrected chi connectivity index (χ3v) is 3.10. The number of hydrogen-bond donors (Lipinski definition) is 2. The fourth-order valence-electron chi connectivity index (χ4n) is 2.03. The predicted molar refractivity (Wildman–Crippen MR) is 74.6 cm³/mol. The molecule has 0 aromatic heterocycles. The number of fused-ring (bicyclic) bond motifs is 1. The summed E-state index contributed by atoms with van der Waals surface area (Å²) in [5.74, 6) is 1.24. The van der Waals surface area contributed by atoms with E-state index in [4.69, 9.17) is 15.2 Å². The van der Waals surface area contributed by atoms with Crippen LogP contribution in [0, 0.1) is 0 Å². The zero-order chi connectivity index (χ0) is 13.9. The first-order valence-electron chi connectivity index (χ1n) is 6.25. The minimum absolute atomic E-state index is 0.194. The van der Waals surface area contributed by atoms with Gasteiger partial charge in [0.05, 0.1) is 5.56 Å². The summed E-state index contributed by atoms with van der Waals surface area (Å²) in [6.07, 6.45) is 0. The van der Waals surface area contributed by atoms with Gasteiger partial charge < -0.3 is 20.5 Å². The van der Waals surface area contributed by atoms with Gasteiger partial charge in [-0.15, -0.1) is 0 Å². The zero-order valence-corrected chi connectivity index (χ0v) is 10.8. The van der Waals surface area contributed by atoms with Crippen LogP contribution in [0.15, 0.2) is 42.5 Å². The fraction of sp³-hybridized carbons (Fsp3) is 0.133. The van der Waals surface area contributed by atoms with Crippen molar-refractivity contribution in [2.75, 3.05) is 12.5 Å². The summed E-state index contributed by atoms with van der Waals surface area (Å²) in [4.78, 5) is 12.0. The van der Waals surface area contributed by atoms with Crippen molar-refractivity contribution < 1.29 is 14.3 Å². The van der Waals surface area contributed by atoms with E-state index in [9.17, 15) is 4.79 Å². The lowest BCUT2D eigenvalue weighted by Gasteiger charge is -2.08. The van der Waals surface area contributed by atoms with Crippen LogP contribution >= 0.6 is 0 Å². The highest BCUT2D eigenvalue weighted by Crippen LogP contribution is 2.32.